The summed E-state index contributed by atoms with van der Waals surface area (Å²) in [6, 6.07) is 7.98. The van der Waals surface area contributed by atoms with Crippen molar-refractivity contribution in [3.63, 3.8) is 0 Å². The minimum absolute atomic E-state index is 0.114. The number of nitrogens with two attached hydrogens (primary N) is 1. The van der Waals surface area contributed by atoms with Crippen molar-refractivity contribution in [2.24, 2.45) is 5.84 Å². The third-order valence-corrected chi connectivity index (χ3v) is 3.20. The molecule has 0 amide bonds. The monoisotopic (exact) mass is 270 g/mol. The van der Waals surface area contributed by atoms with E-state index in [0.717, 1.165) is 24.3 Å². The van der Waals surface area contributed by atoms with Crippen LogP contribution in [0.3, 0.4) is 0 Å². The summed E-state index contributed by atoms with van der Waals surface area (Å²) in [6.45, 7) is 4.87. The highest BCUT2D eigenvalue weighted by Gasteiger charge is 2.20. The molecule has 3 N–H and O–H groups in total. The van der Waals surface area contributed by atoms with Crippen molar-refractivity contribution in [3.05, 3.63) is 34.9 Å². The van der Waals surface area contributed by atoms with E-state index in [1.807, 2.05) is 25.1 Å². The van der Waals surface area contributed by atoms with Gasteiger partial charge in [-0.2, -0.15) is 0 Å². The fourth-order valence-electron chi connectivity index (χ4n) is 2.11. The fraction of sp³-hybridized carbons (Fsp3) is 0.571. The lowest BCUT2D eigenvalue weighted by Gasteiger charge is -2.26. The molecule has 0 aliphatic rings. The standard InChI is InChI=1S/C14H23ClN2O/c1-3-6-14(18-4-2)13(17-16)10-11-7-5-8-12(15)9-11/h5,7-9,13-14,17H,3-4,6,10,16H2,1-2H3. The zero-order chi connectivity index (χ0) is 13.4. The summed E-state index contributed by atoms with van der Waals surface area (Å²) in [6.07, 6.45) is 3.05. The summed E-state index contributed by atoms with van der Waals surface area (Å²) in [4.78, 5) is 0. The van der Waals surface area contributed by atoms with Gasteiger partial charge in [-0.05, 0) is 37.5 Å². The van der Waals surface area contributed by atoms with Crippen LogP contribution in [0.1, 0.15) is 32.3 Å². The Bertz CT molecular complexity index is 340. The average Bonchev–Trinajstić information content (AvgIpc) is 2.36. The minimum atomic E-state index is 0.114. The van der Waals surface area contributed by atoms with Gasteiger partial charge in [0.05, 0.1) is 12.1 Å². The van der Waals surface area contributed by atoms with Crippen molar-refractivity contribution in [2.45, 2.75) is 45.3 Å². The number of halogens is 1. The van der Waals surface area contributed by atoms with Crippen molar-refractivity contribution in [1.82, 2.24) is 5.43 Å². The first kappa shape index (κ1) is 15.4. The van der Waals surface area contributed by atoms with Crippen LogP contribution in [0.5, 0.6) is 0 Å². The molecule has 0 fully saturated rings. The number of hydrogen-bond donors (Lipinski definition) is 2. The molecule has 0 aromatic heterocycles. The number of hydrogen-bond acceptors (Lipinski definition) is 3. The Morgan fingerprint density at radius 2 is 2.17 bits per heavy atom. The number of hydrazine groups is 1. The Balaban J connectivity index is 2.69. The SMILES string of the molecule is CCCC(OCC)C(Cc1cccc(Cl)c1)NN. The largest absolute Gasteiger partial charge is 0.377 e. The number of ether oxygens (including phenoxy) is 1. The molecule has 0 bridgehead atoms. The van der Waals surface area contributed by atoms with Crippen molar-refractivity contribution < 1.29 is 4.74 Å². The molecule has 0 aliphatic heterocycles. The van der Waals surface area contributed by atoms with Crippen molar-refractivity contribution in [1.29, 1.82) is 0 Å². The van der Waals surface area contributed by atoms with Crippen LogP contribution >= 0.6 is 11.6 Å². The molecule has 0 spiro atoms. The molecule has 18 heavy (non-hydrogen) atoms. The van der Waals surface area contributed by atoms with Crippen LogP contribution in [0.4, 0.5) is 0 Å². The van der Waals surface area contributed by atoms with Crippen molar-refractivity contribution >= 4 is 11.6 Å². The second kappa shape index (κ2) is 8.48. The molecular weight excluding hydrogens is 248 g/mol. The fourth-order valence-corrected chi connectivity index (χ4v) is 2.33. The summed E-state index contributed by atoms with van der Waals surface area (Å²) < 4.78 is 5.76. The van der Waals surface area contributed by atoms with Gasteiger partial charge in [-0.25, -0.2) is 0 Å². The smallest absolute Gasteiger partial charge is 0.0744 e. The van der Waals surface area contributed by atoms with E-state index in [4.69, 9.17) is 22.2 Å². The minimum Gasteiger partial charge on any atom is -0.377 e. The van der Waals surface area contributed by atoms with Gasteiger partial charge in [0, 0.05) is 11.6 Å². The second-order valence-electron chi connectivity index (χ2n) is 4.39. The third-order valence-electron chi connectivity index (χ3n) is 2.96. The van der Waals surface area contributed by atoms with Crippen molar-refractivity contribution in [2.75, 3.05) is 6.61 Å². The van der Waals surface area contributed by atoms with Gasteiger partial charge in [-0.3, -0.25) is 11.3 Å². The van der Waals surface area contributed by atoms with Crippen LogP contribution in [0, 0.1) is 0 Å². The Morgan fingerprint density at radius 3 is 2.72 bits per heavy atom. The highest BCUT2D eigenvalue weighted by atomic mass is 35.5. The maximum atomic E-state index is 5.99. The summed E-state index contributed by atoms with van der Waals surface area (Å²) in [5.41, 5.74) is 4.04. The van der Waals surface area contributed by atoms with Gasteiger partial charge < -0.3 is 4.74 Å². The molecule has 2 atom stereocenters. The van der Waals surface area contributed by atoms with E-state index in [9.17, 15) is 0 Å². The summed E-state index contributed by atoms with van der Waals surface area (Å²) in [7, 11) is 0. The van der Waals surface area contributed by atoms with E-state index in [2.05, 4.69) is 18.4 Å². The molecule has 2 unspecified atom stereocenters. The summed E-state index contributed by atoms with van der Waals surface area (Å²) in [5, 5.41) is 0.756. The molecule has 0 saturated carbocycles. The second-order valence-corrected chi connectivity index (χ2v) is 4.83. The number of rotatable bonds is 8. The molecule has 0 aliphatic carbocycles. The van der Waals surface area contributed by atoms with Gasteiger partial charge in [-0.15, -0.1) is 0 Å². The zero-order valence-electron chi connectivity index (χ0n) is 11.2. The Hall–Kier alpha value is -0.610. The van der Waals surface area contributed by atoms with Crippen LogP contribution in [-0.4, -0.2) is 18.8 Å². The van der Waals surface area contributed by atoms with Crippen LogP contribution in [0.25, 0.3) is 0 Å². The molecule has 1 aromatic rings. The lowest BCUT2D eigenvalue weighted by atomic mass is 9.99. The van der Waals surface area contributed by atoms with Crippen LogP contribution in [0.2, 0.25) is 5.02 Å². The van der Waals surface area contributed by atoms with E-state index in [0.29, 0.717) is 6.61 Å². The number of nitrogens with one attached hydrogen (secondary N) is 1. The molecule has 1 rings (SSSR count). The molecule has 0 saturated heterocycles. The van der Waals surface area contributed by atoms with Gasteiger partial charge in [-0.1, -0.05) is 37.1 Å². The quantitative estimate of drug-likeness (QED) is 0.564. The van der Waals surface area contributed by atoms with E-state index >= 15 is 0 Å². The highest BCUT2D eigenvalue weighted by Crippen LogP contribution is 2.16. The predicted octanol–water partition coefficient (Wildman–Crippen LogP) is 2.92. The Kier molecular flexibility index (Phi) is 7.28. The maximum Gasteiger partial charge on any atom is 0.0744 e. The molecular formula is C14H23ClN2O. The van der Waals surface area contributed by atoms with Gasteiger partial charge >= 0.3 is 0 Å². The summed E-state index contributed by atoms with van der Waals surface area (Å²) >= 11 is 5.99. The van der Waals surface area contributed by atoms with Crippen LogP contribution < -0.4 is 11.3 Å². The molecule has 102 valence electrons. The topological polar surface area (TPSA) is 47.3 Å². The van der Waals surface area contributed by atoms with E-state index in [-0.39, 0.29) is 12.1 Å². The third kappa shape index (κ3) is 4.94. The van der Waals surface area contributed by atoms with Gasteiger partial charge in [0.2, 0.25) is 0 Å². The first-order valence-electron chi connectivity index (χ1n) is 6.53. The predicted molar refractivity (Wildman–Crippen MR) is 76.6 cm³/mol. The summed E-state index contributed by atoms with van der Waals surface area (Å²) in [5.74, 6) is 5.66. The zero-order valence-corrected chi connectivity index (χ0v) is 11.9. The molecule has 3 nitrogen and oxygen atoms in total. The molecule has 1 aromatic carbocycles. The van der Waals surface area contributed by atoms with E-state index in [1.54, 1.807) is 0 Å². The molecule has 0 radical (unpaired) electrons. The van der Waals surface area contributed by atoms with Gasteiger partial charge in [0.1, 0.15) is 0 Å². The first-order chi connectivity index (χ1) is 8.71. The Labute approximate surface area is 115 Å². The first-order valence-corrected chi connectivity index (χ1v) is 6.91. The number of benzene rings is 1. The van der Waals surface area contributed by atoms with E-state index in [1.165, 1.54) is 5.56 Å². The van der Waals surface area contributed by atoms with Gasteiger partial charge in [0.25, 0.3) is 0 Å². The van der Waals surface area contributed by atoms with Crippen LogP contribution in [-0.2, 0) is 11.2 Å². The van der Waals surface area contributed by atoms with Crippen molar-refractivity contribution in [3.8, 4) is 0 Å². The normalized spacial score (nSPS) is 14.4. The highest BCUT2D eigenvalue weighted by molar-refractivity contribution is 6.30. The Morgan fingerprint density at radius 1 is 1.39 bits per heavy atom. The lowest BCUT2D eigenvalue weighted by Crippen LogP contribution is -2.46. The van der Waals surface area contributed by atoms with Crippen LogP contribution in [0.15, 0.2) is 24.3 Å². The molecule has 4 heteroatoms. The molecule has 0 heterocycles. The van der Waals surface area contributed by atoms with Gasteiger partial charge in [0.15, 0.2) is 0 Å². The average molecular weight is 271 g/mol. The van der Waals surface area contributed by atoms with E-state index < -0.39 is 0 Å². The maximum absolute atomic E-state index is 5.99. The lowest BCUT2D eigenvalue weighted by molar-refractivity contribution is 0.0281.